The lowest BCUT2D eigenvalue weighted by Crippen LogP contribution is -2.37. The number of fused-ring (bicyclic) bond motifs is 1. The van der Waals surface area contributed by atoms with E-state index in [1.807, 2.05) is 0 Å². The van der Waals surface area contributed by atoms with Gasteiger partial charge in [0.15, 0.2) is 16.9 Å². The molecule has 0 unspecified atom stereocenters. The third-order valence-electron chi connectivity index (χ3n) is 3.39. The molecule has 0 saturated carbocycles. The van der Waals surface area contributed by atoms with Gasteiger partial charge in [0.25, 0.3) is 5.56 Å². The summed E-state index contributed by atoms with van der Waals surface area (Å²) in [6.45, 7) is 1.03. The summed E-state index contributed by atoms with van der Waals surface area (Å²) in [7, 11) is 2.74. The third-order valence-corrected chi connectivity index (χ3v) is 3.68. The molecule has 23 heavy (non-hydrogen) atoms. The van der Waals surface area contributed by atoms with Crippen LogP contribution in [0.2, 0.25) is 5.28 Å². The number of rotatable bonds is 3. The van der Waals surface area contributed by atoms with Crippen LogP contribution in [0.4, 0.5) is 0 Å². The Balaban J connectivity index is 2.74. The van der Waals surface area contributed by atoms with Crippen molar-refractivity contribution in [1.29, 1.82) is 5.26 Å². The van der Waals surface area contributed by atoms with Gasteiger partial charge in [-0.05, 0) is 18.5 Å². The Morgan fingerprint density at radius 3 is 2.48 bits per heavy atom. The highest BCUT2D eigenvalue weighted by molar-refractivity contribution is 6.29. The molecule has 0 atom stereocenters. The highest BCUT2D eigenvalue weighted by atomic mass is 35.5. The van der Waals surface area contributed by atoms with E-state index in [9.17, 15) is 14.4 Å². The van der Waals surface area contributed by atoms with Crippen molar-refractivity contribution in [3.63, 3.8) is 0 Å². The number of nitrogens with zero attached hydrogens (tertiary/aromatic N) is 5. The van der Waals surface area contributed by atoms with Crippen LogP contribution >= 0.6 is 11.6 Å². The summed E-state index contributed by atoms with van der Waals surface area (Å²) >= 11 is 5.99. The third kappa shape index (κ3) is 2.53. The maximum atomic E-state index is 12.3. The number of ketones is 1. The fourth-order valence-electron chi connectivity index (χ4n) is 2.16. The van der Waals surface area contributed by atoms with Gasteiger partial charge in [0.2, 0.25) is 5.28 Å². The second kappa shape index (κ2) is 5.73. The van der Waals surface area contributed by atoms with E-state index in [0.717, 1.165) is 13.7 Å². The predicted octanol–water partition coefficient (Wildman–Crippen LogP) is -0.588. The molecule has 2 aromatic rings. The number of aromatic nitrogens is 4. The number of hydrogen-bond donors (Lipinski definition) is 1. The monoisotopic (exact) mass is 336 g/mol. The summed E-state index contributed by atoms with van der Waals surface area (Å²) in [4.78, 5) is 40.3. The topological polar surface area (TPSA) is 129 Å². The van der Waals surface area contributed by atoms with Crippen molar-refractivity contribution < 1.29 is 4.79 Å². The Hall–Kier alpha value is -2.86. The summed E-state index contributed by atoms with van der Waals surface area (Å²) in [6, 6.07) is 1.72. The van der Waals surface area contributed by atoms with E-state index >= 15 is 0 Å². The normalized spacial score (nSPS) is 12.1. The zero-order valence-electron chi connectivity index (χ0n) is 12.6. The van der Waals surface area contributed by atoms with Crippen LogP contribution in [0.15, 0.2) is 20.9 Å². The van der Waals surface area contributed by atoms with Gasteiger partial charge >= 0.3 is 5.69 Å². The van der Waals surface area contributed by atoms with E-state index in [-0.39, 0.29) is 34.3 Å². The lowest BCUT2D eigenvalue weighted by atomic mass is 10.1. The number of carbonyl (C=O) groups excluding carboxylic acids is 1. The maximum absolute atomic E-state index is 12.3. The molecule has 2 aromatic heterocycles. The van der Waals surface area contributed by atoms with Gasteiger partial charge in [-0.2, -0.15) is 10.2 Å². The van der Waals surface area contributed by atoms with Crippen LogP contribution in [0.3, 0.4) is 0 Å². The van der Waals surface area contributed by atoms with E-state index in [0.29, 0.717) is 0 Å². The number of Topliss-reactive ketones (excluding diaryl/α,β-unsaturated/α-hetero) is 1. The van der Waals surface area contributed by atoms with Gasteiger partial charge in [0, 0.05) is 19.8 Å². The van der Waals surface area contributed by atoms with Crippen LogP contribution in [-0.2, 0) is 25.4 Å². The number of allylic oxidation sites excluding steroid dienone is 2. The quantitative estimate of drug-likeness (QED) is 0.453. The van der Waals surface area contributed by atoms with Crippen LogP contribution < -0.4 is 17.0 Å². The summed E-state index contributed by atoms with van der Waals surface area (Å²) in [5.74, 6) is -0.607. The first-order valence-electron chi connectivity index (χ1n) is 6.42. The number of aryl methyl sites for hydroxylation is 1. The molecular formula is C13H13ClN6O3. The predicted molar refractivity (Wildman–Crippen MR) is 82.7 cm³/mol. The fourth-order valence-corrected chi connectivity index (χ4v) is 2.38. The molecule has 0 aliphatic heterocycles. The molecule has 0 aliphatic rings. The molecule has 0 saturated heterocycles. The summed E-state index contributed by atoms with van der Waals surface area (Å²) in [5, 5.41) is 8.84. The largest absolute Gasteiger partial charge is 0.401 e. The average molecular weight is 337 g/mol. The van der Waals surface area contributed by atoms with Gasteiger partial charge in [-0.3, -0.25) is 18.7 Å². The molecule has 0 radical (unpaired) electrons. The molecule has 0 fully saturated rings. The SMILES string of the molecule is C/C(N)=C(\C#N)C(=O)Cn1c(Cl)nc2c1c(=O)n(C)c(=O)n2C. The van der Waals surface area contributed by atoms with Crippen molar-refractivity contribution in [1.82, 2.24) is 18.7 Å². The molecule has 2 N–H and O–H groups in total. The highest BCUT2D eigenvalue weighted by Gasteiger charge is 2.21. The van der Waals surface area contributed by atoms with E-state index in [1.54, 1.807) is 6.07 Å². The molecule has 10 heteroatoms. The van der Waals surface area contributed by atoms with Crippen molar-refractivity contribution in [2.75, 3.05) is 0 Å². The Morgan fingerprint density at radius 2 is 1.96 bits per heavy atom. The lowest BCUT2D eigenvalue weighted by Gasteiger charge is -2.07. The molecule has 2 heterocycles. The van der Waals surface area contributed by atoms with Gasteiger partial charge in [0.05, 0.1) is 6.54 Å². The van der Waals surface area contributed by atoms with Crippen LogP contribution in [0.5, 0.6) is 0 Å². The molecule has 0 aliphatic carbocycles. The smallest absolute Gasteiger partial charge is 0.332 e. The Bertz CT molecular complexity index is 1010. The number of nitrogens with two attached hydrogens (primary N) is 1. The highest BCUT2D eigenvalue weighted by Crippen LogP contribution is 2.16. The fraction of sp³-hybridized carbons (Fsp3) is 0.308. The number of imidazole rings is 1. The van der Waals surface area contributed by atoms with E-state index < -0.39 is 17.0 Å². The van der Waals surface area contributed by atoms with Gasteiger partial charge in [0.1, 0.15) is 11.6 Å². The van der Waals surface area contributed by atoms with Crippen molar-refractivity contribution in [2.24, 2.45) is 19.8 Å². The molecule has 9 nitrogen and oxygen atoms in total. The van der Waals surface area contributed by atoms with Crippen LogP contribution in [0.1, 0.15) is 6.92 Å². The summed E-state index contributed by atoms with van der Waals surface area (Å²) in [5.41, 5.74) is 4.20. The zero-order valence-corrected chi connectivity index (χ0v) is 13.4. The molecule has 0 spiro atoms. The van der Waals surface area contributed by atoms with Gasteiger partial charge in [-0.1, -0.05) is 0 Å². The lowest BCUT2D eigenvalue weighted by molar-refractivity contribution is -0.115. The number of halogens is 1. The van der Waals surface area contributed by atoms with Crippen molar-refractivity contribution >= 4 is 28.5 Å². The molecule has 120 valence electrons. The minimum Gasteiger partial charge on any atom is -0.401 e. The number of nitriles is 1. The minimum absolute atomic E-state index is 0.0000794. The van der Waals surface area contributed by atoms with E-state index in [4.69, 9.17) is 22.6 Å². The minimum atomic E-state index is -0.637. The van der Waals surface area contributed by atoms with Crippen molar-refractivity contribution in [2.45, 2.75) is 13.5 Å². The standard InChI is InChI=1S/C13H13ClN6O3/c1-6(16)7(4-15)8(21)5-20-9-10(17-12(20)14)18(2)13(23)19(3)11(9)22/h5,16H2,1-3H3/b7-6-. The van der Waals surface area contributed by atoms with Crippen LogP contribution in [-0.4, -0.2) is 24.5 Å². The zero-order chi connectivity index (χ0) is 17.5. The van der Waals surface area contributed by atoms with Crippen molar-refractivity contribution in [3.8, 4) is 6.07 Å². The van der Waals surface area contributed by atoms with Crippen LogP contribution in [0.25, 0.3) is 11.2 Å². The second-order valence-corrected chi connectivity index (χ2v) is 5.28. The first-order valence-corrected chi connectivity index (χ1v) is 6.79. The summed E-state index contributed by atoms with van der Waals surface area (Å²) in [6.07, 6.45) is 0. The first-order chi connectivity index (χ1) is 10.7. The molecular weight excluding hydrogens is 324 g/mol. The second-order valence-electron chi connectivity index (χ2n) is 4.94. The Kier molecular flexibility index (Phi) is 4.12. The Labute approximate surface area is 134 Å². The van der Waals surface area contributed by atoms with Crippen LogP contribution in [0, 0.1) is 11.3 Å². The Morgan fingerprint density at radius 1 is 1.35 bits per heavy atom. The molecule has 2 rings (SSSR count). The molecule has 0 bridgehead atoms. The number of hydrogen-bond acceptors (Lipinski definition) is 6. The van der Waals surface area contributed by atoms with E-state index in [2.05, 4.69) is 4.98 Å². The summed E-state index contributed by atoms with van der Waals surface area (Å²) < 4.78 is 3.19. The molecule has 0 aromatic carbocycles. The van der Waals surface area contributed by atoms with Crippen molar-refractivity contribution in [3.05, 3.63) is 37.4 Å². The molecule has 0 amide bonds. The number of carbonyl (C=O) groups is 1. The average Bonchev–Trinajstić information content (AvgIpc) is 2.80. The van der Waals surface area contributed by atoms with E-state index in [1.165, 1.54) is 21.0 Å². The first kappa shape index (κ1) is 16.5. The van der Waals surface area contributed by atoms with Gasteiger partial charge in [-0.15, -0.1) is 0 Å². The van der Waals surface area contributed by atoms with Gasteiger partial charge < -0.3 is 10.3 Å². The maximum Gasteiger partial charge on any atom is 0.332 e. The van der Waals surface area contributed by atoms with Gasteiger partial charge in [-0.25, -0.2) is 4.79 Å².